The van der Waals surface area contributed by atoms with Crippen LogP contribution in [0.25, 0.3) is 0 Å². The Morgan fingerprint density at radius 3 is 2.16 bits per heavy atom. The lowest BCUT2D eigenvalue weighted by Gasteiger charge is -2.10. The van der Waals surface area contributed by atoms with Crippen LogP contribution < -0.4 is 15.6 Å². The van der Waals surface area contributed by atoms with Crippen molar-refractivity contribution in [3.8, 4) is 5.75 Å². The van der Waals surface area contributed by atoms with Gasteiger partial charge in [0.15, 0.2) is 0 Å². The predicted molar refractivity (Wildman–Crippen MR) is 107 cm³/mol. The van der Waals surface area contributed by atoms with E-state index in [4.69, 9.17) is 4.74 Å². The Balaban J connectivity index is 1.55. The van der Waals surface area contributed by atoms with Crippen molar-refractivity contribution in [3.05, 3.63) is 60.2 Å². The first-order valence-corrected chi connectivity index (χ1v) is 9.64. The van der Waals surface area contributed by atoms with Crippen LogP contribution in [0.1, 0.15) is 57.4 Å². The van der Waals surface area contributed by atoms with E-state index in [2.05, 4.69) is 42.0 Å². The van der Waals surface area contributed by atoms with E-state index in [-0.39, 0.29) is 0 Å². The van der Waals surface area contributed by atoms with Gasteiger partial charge in [0, 0.05) is 12.2 Å². The number of nitrogens with one attached hydrogen (secondary N) is 2. The van der Waals surface area contributed by atoms with Gasteiger partial charge in [-0.25, -0.2) is 5.43 Å². The van der Waals surface area contributed by atoms with Gasteiger partial charge in [-0.05, 0) is 36.2 Å². The summed E-state index contributed by atoms with van der Waals surface area (Å²) in [6, 6.07) is 18.4. The summed E-state index contributed by atoms with van der Waals surface area (Å²) in [5.41, 5.74) is 8.72. The van der Waals surface area contributed by atoms with E-state index in [9.17, 15) is 0 Å². The summed E-state index contributed by atoms with van der Waals surface area (Å²) in [7, 11) is 0. The fourth-order valence-electron chi connectivity index (χ4n) is 2.72. The van der Waals surface area contributed by atoms with Gasteiger partial charge in [-0.1, -0.05) is 75.8 Å². The molecule has 0 fully saturated rings. The van der Waals surface area contributed by atoms with E-state index in [1.807, 2.05) is 30.3 Å². The standard InChI is InChI=1S/C22H32N2O/c1-2-3-4-5-6-7-11-18-25-22-16-14-20(15-17-22)19-23-24-21-12-9-8-10-13-21/h8-10,12-17,23-24H,2-7,11,18-19H2,1H3. The molecule has 0 saturated heterocycles. The minimum absolute atomic E-state index is 0.771. The second-order valence-electron chi connectivity index (χ2n) is 6.46. The smallest absolute Gasteiger partial charge is 0.119 e. The van der Waals surface area contributed by atoms with Crippen LogP contribution in [0.2, 0.25) is 0 Å². The molecule has 3 heteroatoms. The van der Waals surface area contributed by atoms with Gasteiger partial charge in [-0.3, -0.25) is 0 Å². The lowest BCUT2D eigenvalue weighted by molar-refractivity contribution is 0.304. The molecular formula is C22H32N2O. The quantitative estimate of drug-likeness (QED) is 0.350. The minimum atomic E-state index is 0.771. The Morgan fingerprint density at radius 1 is 0.760 bits per heavy atom. The van der Waals surface area contributed by atoms with Crippen LogP contribution in [0.3, 0.4) is 0 Å². The van der Waals surface area contributed by atoms with Crippen molar-refractivity contribution in [1.82, 2.24) is 5.43 Å². The van der Waals surface area contributed by atoms with Crippen LogP contribution in [0.5, 0.6) is 5.75 Å². The first kappa shape index (κ1) is 19.3. The van der Waals surface area contributed by atoms with Crippen LogP contribution in [0, 0.1) is 0 Å². The average Bonchev–Trinajstić information content (AvgIpc) is 2.66. The van der Waals surface area contributed by atoms with E-state index in [1.165, 1.54) is 44.1 Å². The number of ether oxygens (including phenoxy) is 1. The van der Waals surface area contributed by atoms with E-state index >= 15 is 0 Å². The maximum atomic E-state index is 5.83. The molecule has 2 rings (SSSR count). The molecule has 0 aliphatic heterocycles. The second kappa shape index (κ2) is 12.4. The highest BCUT2D eigenvalue weighted by molar-refractivity contribution is 5.41. The molecule has 0 spiro atoms. The fourth-order valence-corrected chi connectivity index (χ4v) is 2.72. The summed E-state index contributed by atoms with van der Waals surface area (Å²) in [5.74, 6) is 0.964. The Kier molecular flexibility index (Phi) is 9.57. The largest absolute Gasteiger partial charge is 0.494 e. The molecule has 3 nitrogen and oxygen atoms in total. The molecule has 2 aromatic rings. The van der Waals surface area contributed by atoms with Crippen LogP contribution in [-0.2, 0) is 6.54 Å². The van der Waals surface area contributed by atoms with Crippen LogP contribution >= 0.6 is 0 Å². The first-order chi connectivity index (χ1) is 12.4. The molecule has 2 N–H and O–H groups in total. The SMILES string of the molecule is CCCCCCCCCOc1ccc(CNNc2ccccc2)cc1. The highest BCUT2D eigenvalue weighted by Crippen LogP contribution is 2.14. The molecule has 25 heavy (non-hydrogen) atoms. The number of rotatable bonds is 13. The molecular weight excluding hydrogens is 308 g/mol. The van der Waals surface area contributed by atoms with Gasteiger partial charge in [0.1, 0.15) is 5.75 Å². The minimum Gasteiger partial charge on any atom is -0.494 e. The van der Waals surface area contributed by atoms with Gasteiger partial charge in [0.2, 0.25) is 0 Å². The van der Waals surface area contributed by atoms with Crippen molar-refractivity contribution in [2.24, 2.45) is 0 Å². The van der Waals surface area contributed by atoms with Gasteiger partial charge >= 0.3 is 0 Å². The van der Waals surface area contributed by atoms with Crippen molar-refractivity contribution in [2.45, 2.75) is 58.4 Å². The van der Waals surface area contributed by atoms with Crippen molar-refractivity contribution in [2.75, 3.05) is 12.0 Å². The summed E-state index contributed by atoms with van der Waals surface area (Å²) >= 11 is 0. The molecule has 0 saturated carbocycles. The van der Waals surface area contributed by atoms with Gasteiger partial charge in [-0.15, -0.1) is 0 Å². The van der Waals surface area contributed by atoms with Gasteiger partial charge in [-0.2, -0.15) is 0 Å². The zero-order chi connectivity index (χ0) is 17.6. The summed E-state index contributed by atoms with van der Waals surface area (Å²) in [4.78, 5) is 0. The van der Waals surface area contributed by atoms with Crippen molar-refractivity contribution >= 4 is 5.69 Å². The Labute approximate surface area is 152 Å². The second-order valence-corrected chi connectivity index (χ2v) is 6.46. The number of para-hydroxylation sites is 1. The Hall–Kier alpha value is -2.00. The summed E-state index contributed by atoms with van der Waals surface area (Å²) in [5, 5.41) is 0. The number of anilines is 1. The molecule has 0 aliphatic rings. The molecule has 0 aliphatic carbocycles. The van der Waals surface area contributed by atoms with E-state index in [0.29, 0.717) is 0 Å². The zero-order valence-electron chi connectivity index (χ0n) is 15.5. The number of unbranched alkanes of at least 4 members (excludes halogenated alkanes) is 6. The molecule has 0 heterocycles. The van der Waals surface area contributed by atoms with E-state index in [1.54, 1.807) is 0 Å². The predicted octanol–water partition coefficient (Wildman–Crippen LogP) is 5.93. The molecule has 0 unspecified atom stereocenters. The van der Waals surface area contributed by atoms with Crippen molar-refractivity contribution in [3.63, 3.8) is 0 Å². The summed E-state index contributed by atoms with van der Waals surface area (Å²) in [6.07, 6.45) is 9.20. The van der Waals surface area contributed by atoms with E-state index in [0.717, 1.165) is 31.0 Å². The van der Waals surface area contributed by atoms with Crippen molar-refractivity contribution < 1.29 is 4.74 Å². The number of hydrogen-bond acceptors (Lipinski definition) is 3. The molecule has 2 aromatic carbocycles. The van der Waals surface area contributed by atoms with E-state index < -0.39 is 0 Å². The van der Waals surface area contributed by atoms with Crippen LogP contribution in [-0.4, -0.2) is 6.61 Å². The zero-order valence-corrected chi connectivity index (χ0v) is 15.5. The van der Waals surface area contributed by atoms with Gasteiger partial charge in [0.05, 0.1) is 6.61 Å². The normalized spacial score (nSPS) is 10.6. The lowest BCUT2D eigenvalue weighted by Crippen LogP contribution is -2.20. The lowest BCUT2D eigenvalue weighted by atomic mass is 10.1. The van der Waals surface area contributed by atoms with Gasteiger partial charge < -0.3 is 10.2 Å². The maximum absolute atomic E-state index is 5.83. The molecule has 0 atom stereocenters. The molecule has 0 aromatic heterocycles. The molecule has 0 amide bonds. The van der Waals surface area contributed by atoms with Crippen LogP contribution in [0.4, 0.5) is 5.69 Å². The third kappa shape index (κ3) is 8.59. The average molecular weight is 341 g/mol. The third-order valence-corrected chi connectivity index (χ3v) is 4.24. The topological polar surface area (TPSA) is 33.3 Å². The maximum Gasteiger partial charge on any atom is 0.119 e. The first-order valence-electron chi connectivity index (χ1n) is 9.64. The molecule has 136 valence electrons. The molecule has 0 bridgehead atoms. The Morgan fingerprint density at radius 2 is 1.44 bits per heavy atom. The fraction of sp³-hybridized carbons (Fsp3) is 0.455. The summed E-state index contributed by atoms with van der Waals surface area (Å²) < 4.78 is 5.83. The number of benzene rings is 2. The van der Waals surface area contributed by atoms with Crippen LogP contribution in [0.15, 0.2) is 54.6 Å². The highest BCUT2D eigenvalue weighted by Gasteiger charge is 1.97. The molecule has 0 radical (unpaired) electrons. The van der Waals surface area contributed by atoms with Crippen molar-refractivity contribution in [1.29, 1.82) is 0 Å². The third-order valence-electron chi connectivity index (χ3n) is 4.24. The number of hydrazine groups is 1. The number of hydrogen-bond donors (Lipinski definition) is 2. The van der Waals surface area contributed by atoms with Gasteiger partial charge in [0.25, 0.3) is 0 Å². The monoisotopic (exact) mass is 340 g/mol. The highest BCUT2D eigenvalue weighted by atomic mass is 16.5. The summed E-state index contributed by atoms with van der Waals surface area (Å²) in [6.45, 7) is 3.85. The Bertz CT molecular complexity index is 554.